The average Bonchev–Trinajstić information content (AvgIpc) is 2.47. The molecule has 0 bridgehead atoms. The first-order valence-corrected chi connectivity index (χ1v) is 8.87. The summed E-state index contributed by atoms with van der Waals surface area (Å²) < 4.78 is 27.2. The number of carbonyl (C=O) groups is 2. The van der Waals surface area contributed by atoms with Crippen LogP contribution in [0.2, 0.25) is 0 Å². The van der Waals surface area contributed by atoms with Gasteiger partial charge >= 0.3 is 0 Å². The van der Waals surface area contributed by atoms with Gasteiger partial charge in [0, 0.05) is 12.6 Å². The molecule has 1 saturated carbocycles. The van der Waals surface area contributed by atoms with E-state index >= 15 is 0 Å². The van der Waals surface area contributed by atoms with E-state index in [2.05, 4.69) is 10.0 Å². The van der Waals surface area contributed by atoms with Gasteiger partial charge in [0.2, 0.25) is 15.9 Å². The highest BCUT2D eigenvalue weighted by molar-refractivity contribution is 7.89. The molecule has 1 aromatic carbocycles. The summed E-state index contributed by atoms with van der Waals surface area (Å²) in [6.07, 6.45) is 2.59. The normalized spacial score (nSPS) is 17.4. The number of carbonyl (C=O) groups excluding carboxylic acids is 2. The van der Waals surface area contributed by atoms with Gasteiger partial charge in [-0.3, -0.25) is 4.79 Å². The molecule has 1 amide bonds. The molecule has 1 aliphatic carbocycles. The second-order valence-electron chi connectivity index (χ2n) is 5.74. The topological polar surface area (TPSA) is 115 Å². The Balaban J connectivity index is 2.23. The number of sulfonamides is 1. The summed E-state index contributed by atoms with van der Waals surface area (Å²) in [5.41, 5.74) is -1.09. The molecule has 0 saturated heterocycles. The van der Waals surface area contributed by atoms with Gasteiger partial charge in [0.15, 0.2) is 0 Å². The zero-order valence-electron chi connectivity index (χ0n) is 12.8. The van der Waals surface area contributed by atoms with Crippen molar-refractivity contribution in [2.75, 3.05) is 5.32 Å². The third kappa shape index (κ3) is 4.08. The van der Waals surface area contributed by atoms with Gasteiger partial charge < -0.3 is 15.2 Å². The van der Waals surface area contributed by atoms with Crippen molar-refractivity contribution in [3.05, 3.63) is 24.3 Å². The first-order valence-electron chi connectivity index (χ1n) is 7.38. The molecule has 0 heterocycles. The van der Waals surface area contributed by atoms with Crippen LogP contribution in [0.3, 0.4) is 0 Å². The number of carboxylic acid groups (broad SMARTS) is 1. The van der Waals surface area contributed by atoms with Crippen LogP contribution in [0.15, 0.2) is 29.2 Å². The van der Waals surface area contributed by atoms with Gasteiger partial charge in [0.05, 0.1) is 16.4 Å². The highest BCUT2D eigenvalue weighted by Crippen LogP contribution is 2.29. The number of hydrogen-bond donors (Lipinski definition) is 2. The van der Waals surface area contributed by atoms with Crippen LogP contribution >= 0.6 is 0 Å². The van der Waals surface area contributed by atoms with Crippen molar-refractivity contribution in [2.45, 2.75) is 49.5 Å². The van der Waals surface area contributed by atoms with E-state index in [9.17, 15) is 23.1 Å². The monoisotopic (exact) mass is 339 g/mol. The maximum Gasteiger partial charge on any atom is 0.241 e. The van der Waals surface area contributed by atoms with Crippen molar-refractivity contribution in [3.8, 4) is 0 Å². The molecular formula is C15H19N2O5S-. The smallest absolute Gasteiger partial charge is 0.241 e. The number of carboxylic acids is 1. The molecule has 0 aliphatic heterocycles. The third-order valence-corrected chi connectivity index (χ3v) is 5.46. The lowest BCUT2D eigenvalue weighted by Crippen LogP contribution is -2.60. The van der Waals surface area contributed by atoms with Crippen molar-refractivity contribution >= 4 is 27.6 Å². The molecule has 23 heavy (non-hydrogen) atoms. The minimum Gasteiger partial charge on any atom is -0.548 e. The summed E-state index contributed by atoms with van der Waals surface area (Å²) in [6.45, 7) is 1.35. The van der Waals surface area contributed by atoms with Crippen LogP contribution in [0.25, 0.3) is 0 Å². The van der Waals surface area contributed by atoms with Crippen LogP contribution in [-0.2, 0) is 19.6 Å². The van der Waals surface area contributed by atoms with Gasteiger partial charge in [0.1, 0.15) is 0 Å². The quantitative estimate of drug-likeness (QED) is 0.804. The zero-order valence-corrected chi connectivity index (χ0v) is 13.6. The average molecular weight is 339 g/mol. The third-order valence-electron chi connectivity index (χ3n) is 3.91. The van der Waals surface area contributed by atoms with Crippen molar-refractivity contribution < 1.29 is 23.1 Å². The predicted molar refractivity (Wildman–Crippen MR) is 81.9 cm³/mol. The fourth-order valence-corrected chi connectivity index (χ4v) is 4.15. The lowest BCUT2D eigenvalue weighted by atomic mass is 9.83. The van der Waals surface area contributed by atoms with E-state index in [1.807, 2.05) is 0 Å². The predicted octanol–water partition coefficient (Wildman–Crippen LogP) is 0.376. The van der Waals surface area contributed by atoms with Crippen LogP contribution < -0.4 is 15.1 Å². The Morgan fingerprint density at radius 2 is 1.65 bits per heavy atom. The van der Waals surface area contributed by atoms with Crippen LogP contribution in [0.4, 0.5) is 5.69 Å². The zero-order chi connectivity index (χ0) is 17.1. The Morgan fingerprint density at radius 1 is 1.09 bits per heavy atom. The molecule has 7 nitrogen and oxygen atoms in total. The number of rotatable bonds is 5. The van der Waals surface area contributed by atoms with E-state index in [0.717, 1.165) is 6.42 Å². The Morgan fingerprint density at radius 3 is 2.13 bits per heavy atom. The standard InChI is InChI=1S/C15H20N2O5S/c1-11(18)16-12-5-7-13(8-6-12)23(21,22)17-15(14(19)20)9-3-2-4-10-15/h5-8,17H,2-4,9-10H2,1H3,(H,16,18)(H,19,20)/p-1. The van der Waals surface area contributed by atoms with Crippen LogP contribution in [0, 0.1) is 0 Å². The number of nitrogens with one attached hydrogen (secondary N) is 2. The van der Waals surface area contributed by atoms with Gasteiger partial charge in [-0.2, -0.15) is 4.72 Å². The number of hydrogen-bond acceptors (Lipinski definition) is 5. The van der Waals surface area contributed by atoms with Crippen LogP contribution in [-0.4, -0.2) is 25.8 Å². The second-order valence-corrected chi connectivity index (χ2v) is 7.42. The first-order chi connectivity index (χ1) is 10.8. The van der Waals surface area contributed by atoms with Crippen molar-refractivity contribution in [3.63, 3.8) is 0 Å². The van der Waals surface area contributed by atoms with Crippen molar-refractivity contribution in [1.29, 1.82) is 0 Å². The fraction of sp³-hybridized carbons (Fsp3) is 0.467. The van der Waals surface area contributed by atoms with Crippen LogP contribution in [0.1, 0.15) is 39.0 Å². The van der Waals surface area contributed by atoms with E-state index in [4.69, 9.17) is 0 Å². The first kappa shape index (κ1) is 17.4. The van der Waals surface area contributed by atoms with Gasteiger partial charge in [-0.05, 0) is 37.1 Å². The molecule has 126 valence electrons. The molecule has 0 atom stereocenters. The summed E-state index contributed by atoms with van der Waals surface area (Å²) in [4.78, 5) is 22.4. The Hall–Kier alpha value is -1.93. The van der Waals surface area contributed by atoms with Gasteiger partial charge in [0.25, 0.3) is 0 Å². The number of aliphatic carboxylic acids is 1. The molecule has 1 aliphatic rings. The number of anilines is 1. The Bertz CT molecular complexity index is 691. The van der Waals surface area contributed by atoms with E-state index in [0.29, 0.717) is 18.5 Å². The molecule has 2 rings (SSSR count). The molecular weight excluding hydrogens is 320 g/mol. The van der Waals surface area contributed by atoms with E-state index in [-0.39, 0.29) is 23.6 Å². The maximum atomic E-state index is 12.5. The SMILES string of the molecule is CC(=O)Nc1ccc(S(=O)(=O)NC2(C(=O)[O-])CCCCC2)cc1. The van der Waals surface area contributed by atoms with E-state index < -0.39 is 21.5 Å². The Labute approximate surface area is 135 Å². The summed E-state index contributed by atoms with van der Waals surface area (Å²) in [6, 6.07) is 5.53. The number of amides is 1. The summed E-state index contributed by atoms with van der Waals surface area (Å²) in [5, 5.41) is 14.0. The lowest BCUT2D eigenvalue weighted by molar-refractivity contribution is -0.314. The summed E-state index contributed by atoms with van der Waals surface area (Å²) in [7, 11) is -3.99. The highest BCUT2D eigenvalue weighted by Gasteiger charge is 2.37. The largest absolute Gasteiger partial charge is 0.548 e. The van der Waals surface area contributed by atoms with Gasteiger partial charge in [-0.1, -0.05) is 19.3 Å². The molecule has 0 spiro atoms. The summed E-state index contributed by atoms with van der Waals surface area (Å²) in [5.74, 6) is -1.66. The second kappa shape index (κ2) is 6.67. The molecule has 0 unspecified atom stereocenters. The van der Waals surface area contributed by atoms with Crippen molar-refractivity contribution in [2.24, 2.45) is 0 Å². The van der Waals surface area contributed by atoms with Gasteiger partial charge in [-0.15, -0.1) is 0 Å². The Kier molecular flexibility index (Phi) is 5.06. The molecule has 2 N–H and O–H groups in total. The number of benzene rings is 1. The maximum absolute atomic E-state index is 12.5. The molecule has 0 radical (unpaired) electrons. The highest BCUT2D eigenvalue weighted by atomic mass is 32.2. The minimum atomic E-state index is -3.99. The van der Waals surface area contributed by atoms with E-state index in [1.54, 1.807) is 0 Å². The molecule has 8 heteroatoms. The minimum absolute atomic E-state index is 0.0576. The van der Waals surface area contributed by atoms with Crippen LogP contribution in [0.5, 0.6) is 0 Å². The molecule has 0 aromatic heterocycles. The fourth-order valence-electron chi connectivity index (χ4n) is 2.74. The van der Waals surface area contributed by atoms with E-state index in [1.165, 1.54) is 31.2 Å². The lowest BCUT2D eigenvalue weighted by Gasteiger charge is -2.38. The van der Waals surface area contributed by atoms with Gasteiger partial charge in [-0.25, -0.2) is 8.42 Å². The summed E-state index contributed by atoms with van der Waals surface area (Å²) >= 11 is 0. The van der Waals surface area contributed by atoms with Crippen molar-refractivity contribution in [1.82, 2.24) is 4.72 Å². The molecule has 1 aromatic rings. The molecule has 1 fully saturated rings.